The number of Topliss-reactive ketones (excluding diaryl/α,β-unsaturated/α-hetero) is 1. The van der Waals surface area contributed by atoms with Gasteiger partial charge in [0.1, 0.15) is 0 Å². The molecule has 5 nitrogen and oxygen atoms in total. The van der Waals surface area contributed by atoms with Crippen LogP contribution in [0.3, 0.4) is 0 Å². The van der Waals surface area contributed by atoms with Gasteiger partial charge in [-0.3, -0.25) is 9.59 Å². The maximum Gasteiger partial charge on any atom is 0.426 e. The van der Waals surface area contributed by atoms with Crippen molar-refractivity contribution in [1.29, 1.82) is 0 Å². The number of carbonyl (C=O) groups excluding carboxylic acids is 2. The molecule has 1 aliphatic rings. The maximum absolute atomic E-state index is 12.2. The predicted octanol–water partition coefficient (Wildman–Crippen LogP) is 1.55. The molecule has 19 heavy (non-hydrogen) atoms. The molecule has 5 heteroatoms. The summed E-state index contributed by atoms with van der Waals surface area (Å²) in [6, 6.07) is 8.37. The van der Waals surface area contributed by atoms with Crippen LogP contribution in [-0.4, -0.2) is 40.2 Å². The lowest BCUT2D eigenvalue weighted by molar-refractivity contribution is -0.129. The molecule has 1 saturated heterocycles. The molecule has 1 aromatic rings. The highest BCUT2D eigenvalue weighted by Crippen LogP contribution is 2.10. The van der Waals surface area contributed by atoms with Crippen molar-refractivity contribution < 1.29 is 14.4 Å². The fourth-order valence-electron chi connectivity index (χ4n) is 2.16. The van der Waals surface area contributed by atoms with Crippen LogP contribution in [0.4, 0.5) is 0 Å². The van der Waals surface area contributed by atoms with Crippen LogP contribution < -0.4 is 0 Å². The summed E-state index contributed by atoms with van der Waals surface area (Å²) in [5.41, 5.74) is 8.92. The summed E-state index contributed by atoms with van der Waals surface area (Å²) in [5.74, 6) is -1.03. The Morgan fingerprint density at radius 2 is 1.68 bits per heavy atom. The number of hydrogen-bond acceptors (Lipinski definition) is 2. The van der Waals surface area contributed by atoms with Crippen LogP contribution >= 0.6 is 0 Å². The molecule has 0 aromatic heterocycles. The molecule has 1 aromatic carbocycles. The molecule has 0 radical (unpaired) electrons. The Balaban J connectivity index is 2.19. The topological polar surface area (TPSA) is 73.8 Å². The average Bonchev–Trinajstić information content (AvgIpc) is 2.49. The van der Waals surface area contributed by atoms with E-state index in [9.17, 15) is 9.59 Å². The quantitative estimate of drug-likeness (QED) is 0.271. The first kappa shape index (κ1) is 13.2. The smallest absolute Gasteiger partial charge is 0.360 e. The number of likely N-dealkylation sites (tertiary alicyclic amines) is 1. The minimum Gasteiger partial charge on any atom is -0.360 e. The molecule has 1 amide bonds. The summed E-state index contributed by atoms with van der Waals surface area (Å²) >= 11 is 0. The highest BCUT2D eigenvalue weighted by molar-refractivity contribution is 6.66. The van der Waals surface area contributed by atoms with Crippen LogP contribution in [0, 0.1) is 0 Å². The number of ketones is 1. The molecule has 1 fully saturated rings. The van der Waals surface area contributed by atoms with E-state index >= 15 is 0 Å². The van der Waals surface area contributed by atoms with E-state index in [1.807, 2.05) is 0 Å². The highest BCUT2D eigenvalue weighted by atomic mass is 16.2. The van der Waals surface area contributed by atoms with Gasteiger partial charge in [-0.1, -0.05) is 30.3 Å². The minimum atomic E-state index is -0.543. The second-order valence-electron chi connectivity index (χ2n) is 4.50. The van der Waals surface area contributed by atoms with Crippen molar-refractivity contribution in [2.75, 3.05) is 13.1 Å². The van der Waals surface area contributed by atoms with Gasteiger partial charge in [-0.2, -0.15) is 4.79 Å². The number of piperidine rings is 1. The van der Waals surface area contributed by atoms with Crippen molar-refractivity contribution in [1.82, 2.24) is 4.90 Å². The summed E-state index contributed by atoms with van der Waals surface area (Å²) in [6.45, 7) is 1.22. The second-order valence-corrected chi connectivity index (χ2v) is 4.50. The van der Waals surface area contributed by atoms with Crippen LogP contribution in [0.2, 0.25) is 0 Å². The van der Waals surface area contributed by atoms with Gasteiger partial charge in [0.25, 0.3) is 5.78 Å². The molecule has 0 bridgehead atoms. The van der Waals surface area contributed by atoms with Gasteiger partial charge in [0, 0.05) is 18.7 Å². The Morgan fingerprint density at radius 1 is 1.05 bits per heavy atom. The van der Waals surface area contributed by atoms with Gasteiger partial charge >= 0.3 is 11.6 Å². The van der Waals surface area contributed by atoms with Gasteiger partial charge in [0.05, 0.1) is 0 Å². The molecule has 98 valence electrons. The Hall–Kier alpha value is -2.26. The molecule has 0 unspecified atom stereocenters. The molecule has 0 saturated carbocycles. The van der Waals surface area contributed by atoms with Crippen molar-refractivity contribution >= 4 is 17.4 Å². The summed E-state index contributed by atoms with van der Waals surface area (Å²) in [5, 5.41) is 0. The van der Waals surface area contributed by atoms with E-state index in [0.717, 1.165) is 19.3 Å². The number of rotatable bonds is 3. The van der Waals surface area contributed by atoms with E-state index < -0.39 is 17.4 Å². The number of benzene rings is 1. The first-order valence-corrected chi connectivity index (χ1v) is 6.35. The third kappa shape index (κ3) is 2.95. The van der Waals surface area contributed by atoms with E-state index in [0.29, 0.717) is 18.7 Å². The van der Waals surface area contributed by atoms with Gasteiger partial charge in [0.15, 0.2) is 0 Å². The fraction of sp³-hybridized carbons (Fsp3) is 0.357. The molecule has 2 rings (SSSR count). The normalized spacial score (nSPS) is 14.6. The third-order valence-electron chi connectivity index (χ3n) is 3.20. The van der Waals surface area contributed by atoms with Crippen molar-refractivity contribution in [2.45, 2.75) is 19.3 Å². The Morgan fingerprint density at radius 3 is 2.26 bits per heavy atom. The lowest BCUT2D eigenvalue weighted by Crippen LogP contribution is -2.43. The van der Waals surface area contributed by atoms with Crippen molar-refractivity contribution in [2.24, 2.45) is 0 Å². The van der Waals surface area contributed by atoms with Crippen molar-refractivity contribution in [3.05, 3.63) is 41.4 Å². The minimum absolute atomic E-state index is 0.348. The monoisotopic (exact) mass is 257 g/mol. The second kappa shape index (κ2) is 6.07. The van der Waals surface area contributed by atoms with E-state index in [-0.39, 0.29) is 0 Å². The van der Waals surface area contributed by atoms with Gasteiger partial charge in [-0.05, 0) is 19.3 Å². The average molecular weight is 257 g/mol. The molecular formula is C14H15N3O2. The number of carbonyl (C=O) groups is 2. The molecule has 0 spiro atoms. The van der Waals surface area contributed by atoms with E-state index in [1.54, 1.807) is 35.2 Å². The first-order valence-electron chi connectivity index (χ1n) is 6.35. The van der Waals surface area contributed by atoms with Gasteiger partial charge in [0.2, 0.25) is 0 Å². The van der Waals surface area contributed by atoms with Gasteiger partial charge in [-0.25, -0.2) is 0 Å². The lowest BCUT2D eigenvalue weighted by atomic mass is 10.0. The highest BCUT2D eigenvalue weighted by Gasteiger charge is 2.34. The molecular weight excluding hydrogens is 242 g/mol. The van der Waals surface area contributed by atoms with Gasteiger partial charge < -0.3 is 10.4 Å². The third-order valence-corrected chi connectivity index (χ3v) is 3.20. The Bertz CT molecular complexity index is 527. The molecule has 0 aliphatic carbocycles. The van der Waals surface area contributed by atoms with Crippen LogP contribution in [0.15, 0.2) is 30.3 Å². The standard InChI is InChI=1S/C14H15N3O2/c15-16-12(13(18)11-7-3-1-4-8-11)14(19)17-9-5-2-6-10-17/h1,3-4,7-8H,2,5-6,9-10H2. The number of hydrogen-bond donors (Lipinski definition) is 0. The summed E-state index contributed by atoms with van der Waals surface area (Å²) in [6.07, 6.45) is 2.93. The molecule has 1 heterocycles. The van der Waals surface area contributed by atoms with Crippen LogP contribution in [0.5, 0.6) is 0 Å². The largest absolute Gasteiger partial charge is 0.426 e. The predicted molar refractivity (Wildman–Crippen MR) is 69.8 cm³/mol. The summed E-state index contributed by atoms with van der Waals surface area (Å²) in [7, 11) is 0. The lowest BCUT2D eigenvalue weighted by Gasteiger charge is -2.24. The first-order chi connectivity index (χ1) is 9.24. The van der Waals surface area contributed by atoms with Crippen LogP contribution in [0.25, 0.3) is 5.53 Å². The maximum atomic E-state index is 12.2. The zero-order valence-corrected chi connectivity index (χ0v) is 10.6. The molecule has 1 aliphatic heterocycles. The summed E-state index contributed by atoms with van der Waals surface area (Å²) in [4.78, 5) is 28.8. The molecule has 0 atom stereocenters. The zero-order valence-electron chi connectivity index (χ0n) is 10.6. The number of nitrogens with zero attached hydrogens (tertiary/aromatic N) is 3. The number of amides is 1. The van der Waals surface area contributed by atoms with E-state index in [1.165, 1.54) is 0 Å². The van der Waals surface area contributed by atoms with Crippen molar-refractivity contribution in [3.63, 3.8) is 0 Å². The van der Waals surface area contributed by atoms with Gasteiger partial charge in [-0.15, -0.1) is 0 Å². The van der Waals surface area contributed by atoms with E-state index in [2.05, 4.69) is 4.79 Å². The van der Waals surface area contributed by atoms with Crippen LogP contribution in [0.1, 0.15) is 29.6 Å². The molecule has 0 N–H and O–H groups in total. The van der Waals surface area contributed by atoms with E-state index in [4.69, 9.17) is 5.53 Å². The Kier molecular flexibility index (Phi) is 4.21. The van der Waals surface area contributed by atoms with Crippen molar-refractivity contribution in [3.8, 4) is 0 Å². The van der Waals surface area contributed by atoms with Crippen LogP contribution in [-0.2, 0) is 4.79 Å². The zero-order chi connectivity index (χ0) is 13.7. The SMILES string of the molecule is [N-]=[N+]=C(C(=O)c1ccccc1)C(=O)N1CCCCC1. The summed E-state index contributed by atoms with van der Waals surface area (Å²) < 4.78 is 0. The Labute approximate surface area is 111 Å². The fourth-order valence-corrected chi connectivity index (χ4v) is 2.16.